The third-order valence-electron chi connectivity index (χ3n) is 3.16. The van der Waals surface area contributed by atoms with Gasteiger partial charge in [-0.3, -0.25) is 0 Å². The standard InChI is InChI=1S/C18H30O3/c1-3-5-7-9-11-13-15-17(19)21-18(20)16-14-12-10-8-6-4-2/h13-16H,3-12H2,1-2H3. The van der Waals surface area contributed by atoms with Gasteiger partial charge in [0, 0.05) is 12.2 Å². The van der Waals surface area contributed by atoms with Crippen LogP contribution in [-0.2, 0) is 14.3 Å². The van der Waals surface area contributed by atoms with Gasteiger partial charge >= 0.3 is 11.9 Å². The first kappa shape index (κ1) is 19.6. The maximum atomic E-state index is 11.4. The summed E-state index contributed by atoms with van der Waals surface area (Å²) in [6.07, 6.45) is 17.3. The highest BCUT2D eigenvalue weighted by Gasteiger charge is 2.02. The van der Waals surface area contributed by atoms with Crippen molar-refractivity contribution in [3.05, 3.63) is 24.3 Å². The summed E-state index contributed by atoms with van der Waals surface area (Å²) in [7, 11) is 0. The second-order valence-electron chi connectivity index (χ2n) is 5.24. The highest BCUT2D eigenvalue weighted by atomic mass is 16.6. The molecular formula is C18H30O3. The molecule has 0 aromatic rings. The summed E-state index contributed by atoms with van der Waals surface area (Å²) in [5, 5.41) is 0. The summed E-state index contributed by atoms with van der Waals surface area (Å²) < 4.78 is 4.65. The smallest absolute Gasteiger partial charge is 0.338 e. The normalized spacial score (nSPS) is 11.3. The van der Waals surface area contributed by atoms with Gasteiger partial charge in [0.05, 0.1) is 0 Å². The van der Waals surface area contributed by atoms with Gasteiger partial charge in [-0.2, -0.15) is 0 Å². The minimum absolute atomic E-state index is 0.578. The van der Waals surface area contributed by atoms with Gasteiger partial charge in [0.1, 0.15) is 0 Å². The van der Waals surface area contributed by atoms with Gasteiger partial charge < -0.3 is 4.74 Å². The lowest BCUT2D eigenvalue weighted by Gasteiger charge is -1.96. The van der Waals surface area contributed by atoms with Gasteiger partial charge in [-0.25, -0.2) is 9.59 Å². The monoisotopic (exact) mass is 294 g/mol. The zero-order valence-electron chi connectivity index (χ0n) is 13.6. The Balaban J connectivity index is 3.66. The predicted octanol–water partition coefficient (Wildman–Crippen LogP) is 5.11. The molecule has 21 heavy (non-hydrogen) atoms. The average molecular weight is 294 g/mol. The fourth-order valence-corrected chi connectivity index (χ4v) is 1.90. The summed E-state index contributed by atoms with van der Waals surface area (Å²) >= 11 is 0. The number of carbonyl (C=O) groups excluding carboxylic acids is 2. The molecule has 120 valence electrons. The Bertz CT molecular complexity index is 297. The Labute approximate surface area is 129 Å². The lowest BCUT2D eigenvalue weighted by molar-refractivity contribution is -0.152. The topological polar surface area (TPSA) is 43.4 Å². The molecule has 0 aliphatic carbocycles. The fourth-order valence-electron chi connectivity index (χ4n) is 1.90. The molecule has 0 N–H and O–H groups in total. The van der Waals surface area contributed by atoms with Crippen LogP contribution in [0.5, 0.6) is 0 Å². The molecule has 0 aromatic carbocycles. The highest BCUT2D eigenvalue weighted by Crippen LogP contribution is 2.04. The van der Waals surface area contributed by atoms with E-state index in [0.717, 1.165) is 25.7 Å². The maximum absolute atomic E-state index is 11.4. The minimum Gasteiger partial charge on any atom is -0.387 e. The SMILES string of the molecule is CCCCCCC=CC(=O)OC(=O)C=CCCCCCC. The second-order valence-corrected chi connectivity index (χ2v) is 5.24. The molecule has 0 aromatic heterocycles. The van der Waals surface area contributed by atoms with E-state index in [1.807, 2.05) is 0 Å². The van der Waals surface area contributed by atoms with Crippen LogP contribution >= 0.6 is 0 Å². The van der Waals surface area contributed by atoms with Crippen LogP contribution in [0.15, 0.2) is 24.3 Å². The Morgan fingerprint density at radius 2 is 1.14 bits per heavy atom. The average Bonchev–Trinajstić information content (AvgIpc) is 2.46. The molecule has 0 bridgehead atoms. The largest absolute Gasteiger partial charge is 0.387 e. The molecule has 0 aliphatic heterocycles. The van der Waals surface area contributed by atoms with Gasteiger partial charge in [0.25, 0.3) is 0 Å². The van der Waals surface area contributed by atoms with Crippen LogP contribution in [0.4, 0.5) is 0 Å². The molecule has 0 radical (unpaired) electrons. The van der Waals surface area contributed by atoms with Gasteiger partial charge in [-0.05, 0) is 25.7 Å². The summed E-state index contributed by atoms with van der Waals surface area (Å²) in [5.74, 6) is -1.16. The van der Waals surface area contributed by atoms with Crippen molar-refractivity contribution < 1.29 is 14.3 Å². The number of ether oxygens (including phenoxy) is 1. The zero-order valence-corrected chi connectivity index (χ0v) is 13.6. The van der Waals surface area contributed by atoms with E-state index in [2.05, 4.69) is 18.6 Å². The summed E-state index contributed by atoms with van der Waals surface area (Å²) in [5.41, 5.74) is 0. The van der Waals surface area contributed by atoms with Crippen LogP contribution in [0.25, 0.3) is 0 Å². The van der Waals surface area contributed by atoms with E-state index in [1.54, 1.807) is 12.2 Å². The van der Waals surface area contributed by atoms with E-state index in [-0.39, 0.29) is 0 Å². The van der Waals surface area contributed by atoms with Gasteiger partial charge in [-0.1, -0.05) is 64.5 Å². The summed E-state index contributed by atoms with van der Waals surface area (Å²) in [4.78, 5) is 22.7. The van der Waals surface area contributed by atoms with Crippen LogP contribution in [-0.4, -0.2) is 11.9 Å². The van der Waals surface area contributed by atoms with E-state index in [0.29, 0.717) is 0 Å². The second kappa shape index (κ2) is 15.0. The number of rotatable bonds is 12. The summed E-state index contributed by atoms with van der Waals surface area (Å²) in [6, 6.07) is 0. The molecule has 0 spiro atoms. The van der Waals surface area contributed by atoms with Crippen molar-refractivity contribution in [2.45, 2.75) is 78.1 Å². The third-order valence-corrected chi connectivity index (χ3v) is 3.16. The molecule has 0 saturated carbocycles. The van der Waals surface area contributed by atoms with E-state index in [4.69, 9.17) is 0 Å². The molecule has 0 aliphatic rings. The van der Waals surface area contributed by atoms with E-state index in [1.165, 1.54) is 50.7 Å². The zero-order chi connectivity index (χ0) is 15.8. The van der Waals surface area contributed by atoms with Gasteiger partial charge in [-0.15, -0.1) is 0 Å². The maximum Gasteiger partial charge on any atom is 0.338 e. The Morgan fingerprint density at radius 3 is 1.52 bits per heavy atom. The number of unbranched alkanes of at least 4 members (excludes halogenated alkanes) is 8. The quantitative estimate of drug-likeness (QED) is 0.217. The molecule has 0 atom stereocenters. The van der Waals surface area contributed by atoms with E-state index < -0.39 is 11.9 Å². The minimum atomic E-state index is -0.578. The Morgan fingerprint density at radius 1 is 0.714 bits per heavy atom. The number of esters is 2. The molecule has 0 saturated heterocycles. The van der Waals surface area contributed by atoms with E-state index in [9.17, 15) is 9.59 Å². The lowest BCUT2D eigenvalue weighted by atomic mass is 10.1. The van der Waals surface area contributed by atoms with Crippen LogP contribution in [0, 0.1) is 0 Å². The van der Waals surface area contributed by atoms with Crippen molar-refractivity contribution in [1.29, 1.82) is 0 Å². The molecule has 0 heterocycles. The van der Waals surface area contributed by atoms with Gasteiger partial charge in [0.15, 0.2) is 0 Å². The van der Waals surface area contributed by atoms with Gasteiger partial charge in [0.2, 0.25) is 0 Å². The first-order valence-corrected chi connectivity index (χ1v) is 8.29. The molecule has 3 heteroatoms. The highest BCUT2D eigenvalue weighted by molar-refractivity contribution is 5.96. The molecule has 0 unspecified atom stereocenters. The molecule has 0 fully saturated rings. The van der Waals surface area contributed by atoms with Crippen molar-refractivity contribution in [1.82, 2.24) is 0 Å². The number of carbonyl (C=O) groups is 2. The lowest BCUT2D eigenvalue weighted by Crippen LogP contribution is -2.06. The molecule has 3 nitrogen and oxygen atoms in total. The first-order valence-electron chi connectivity index (χ1n) is 8.29. The van der Waals surface area contributed by atoms with Crippen molar-refractivity contribution >= 4 is 11.9 Å². The van der Waals surface area contributed by atoms with Crippen LogP contribution in [0.1, 0.15) is 78.1 Å². The number of allylic oxidation sites excluding steroid dienone is 2. The van der Waals surface area contributed by atoms with Crippen molar-refractivity contribution in [3.63, 3.8) is 0 Å². The molecule has 0 rings (SSSR count). The van der Waals surface area contributed by atoms with Crippen molar-refractivity contribution in [3.8, 4) is 0 Å². The predicted molar refractivity (Wildman–Crippen MR) is 86.9 cm³/mol. The van der Waals surface area contributed by atoms with Crippen molar-refractivity contribution in [2.24, 2.45) is 0 Å². The van der Waals surface area contributed by atoms with Crippen molar-refractivity contribution in [2.75, 3.05) is 0 Å². The fraction of sp³-hybridized carbons (Fsp3) is 0.667. The Hall–Kier alpha value is -1.38. The number of hydrogen-bond donors (Lipinski definition) is 0. The van der Waals surface area contributed by atoms with Crippen LogP contribution < -0.4 is 0 Å². The number of hydrogen-bond acceptors (Lipinski definition) is 3. The Kier molecular flexibility index (Phi) is 14.0. The summed E-state index contributed by atoms with van der Waals surface area (Å²) in [6.45, 7) is 4.33. The first-order chi connectivity index (χ1) is 10.2. The van der Waals surface area contributed by atoms with Crippen LogP contribution in [0.3, 0.4) is 0 Å². The molecule has 0 amide bonds. The van der Waals surface area contributed by atoms with Crippen LogP contribution in [0.2, 0.25) is 0 Å². The molecular weight excluding hydrogens is 264 g/mol. The third kappa shape index (κ3) is 14.8. The van der Waals surface area contributed by atoms with E-state index >= 15 is 0 Å².